The molecule has 10 heavy (non-hydrogen) atoms. The Kier molecular flexibility index (Phi) is 4.55. The fourth-order valence-corrected chi connectivity index (χ4v) is 0.427. The van der Waals surface area contributed by atoms with Crippen LogP contribution in [0.5, 0.6) is 0 Å². The largest absolute Gasteiger partial charge is 0.265 e. The van der Waals surface area contributed by atoms with Gasteiger partial charge in [0, 0.05) is 11.9 Å². The number of aliphatic imine (C=N–C) groups is 1. The molecule has 0 rings (SSSR count). The fraction of sp³-hybridized carbons (Fsp3) is 0.625. The highest BCUT2D eigenvalue weighted by molar-refractivity contribution is 7.22. The molecule has 0 fully saturated rings. The summed E-state index contributed by atoms with van der Waals surface area (Å²) in [6.45, 7) is 8.35. The van der Waals surface area contributed by atoms with E-state index in [9.17, 15) is 0 Å². The molecule has 2 heteroatoms. The molecule has 0 aliphatic heterocycles. The molecule has 0 aliphatic rings. The molecule has 0 aliphatic carbocycles. The molecule has 0 aromatic heterocycles. The van der Waals surface area contributed by atoms with Gasteiger partial charge in [0.15, 0.2) is 0 Å². The third-order valence-corrected chi connectivity index (χ3v) is 1.46. The first-order valence-electron chi connectivity index (χ1n) is 3.50. The molecule has 0 bridgehead atoms. The lowest BCUT2D eigenvalue weighted by atomic mass is 10.1. The van der Waals surface area contributed by atoms with Crippen molar-refractivity contribution in [2.24, 2.45) is 10.9 Å². The maximum atomic E-state index is 4.26. The molecule has 0 N–H and O–H groups in total. The van der Waals surface area contributed by atoms with Crippen LogP contribution in [-0.4, -0.2) is 5.71 Å². The Morgan fingerprint density at radius 3 is 2.20 bits per heavy atom. The zero-order chi connectivity index (χ0) is 8.15. The van der Waals surface area contributed by atoms with Crippen molar-refractivity contribution in [3.8, 4) is 0 Å². The van der Waals surface area contributed by atoms with E-state index in [4.69, 9.17) is 0 Å². The first-order valence-corrected chi connectivity index (χ1v) is 4.08. The van der Waals surface area contributed by atoms with Gasteiger partial charge in [-0.1, -0.05) is 13.8 Å². The summed E-state index contributed by atoms with van der Waals surface area (Å²) in [6, 6.07) is 0. The third-order valence-electron chi connectivity index (χ3n) is 1.31. The molecule has 0 saturated heterocycles. The quantitative estimate of drug-likeness (QED) is 0.431. The van der Waals surface area contributed by atoms with Crippen molar-refractivity contribution in [3.63, 3.8) is 0 Å². The average Bonchev–Trinajstić information content (AvgIpc) is 1.82. The molecule has 0 aromatic rings. The minimum atomic E-state index is 0.556. The summed E-state index contributed by atoms with van der Waals surface area (Å²) < 4.78 is 0. The number of nitrogens with zero attached hydrogens (tertiary/aromatic N) is 1. The van der Waals surface area contributed by atoms with Gasteiger partial charge in [-0.15, -0.1) is 9.24 Å². The Morgan fingerprint density at radius 1 is 1.40 bits per heavy atom. The normalized spacial score (nSPS) is 14.6. The first kappa shape index (κ1) is 9.84. The summed E-state index contributed by atoms with van der Waals surface area (Å²) in [5, 5.41) is 1.17. The smallest absolute Gasteiger partial charge is 0.0295 e. The molecular weight excluding hydrogens is 141 g/mol. The molecule has 0 radical (unpaired) electrons. The molecule has 58 valence electrons. The van der Waals surface area contributed by atoms with Crippen molar-refractivity contribution in [1.29, 1.82) is 0 Å². The van der Waals surface area contributed by atoms with E-state index in [1.54, 1.807) is 0 Å². The Balaban J connectivity index is 4.05. The van der Waals surface area contributed by atoms with Gasteiger partial charge < -0.3 is 0 Å². The number of rotatable bonds is 2. The molecule has 0 aromatic carbocycles. The van der Waals surface area contributed by atoms with Crippen LogP contribution in [0.15, 0.2) is 16.5 Å². The van der Waals surface area contributed by atoms with E-state index in [0.717, 1.165) is 0 Å². The summed E-state index contributed by atoms with van der Waals surface area (Å²) >= 11 is 0. The summed E-state index contributed by atoms with van der Waals surface area (Å²) in [6.07, 6.45) is 1.88. The van der Waals surface area contributed by atoms with E-state index in [2.05, 4.69) is 35.0 Å². The predicted octanol–water partition coefficient (Wildman–Crippen LogP) is 2.84. The lowest BCUT2D eigenvalue weighted by Crippen LogP contribution is -2.00. The number of hydrogen-bond donors (Lipinski definition) is 0. The van der Waals surface area contributed by atoms with Crippen LogP contribution in [-0.2, 0) is 0 Å². The maximum absolute atomic E-state index is 4.26. The van der Waals surface area contributed by atoms with Crippen LogP contribution in [0.4, 0.5) is 0 Å². The zero-order valence-corrected chi connectivity index (χ0v) is 8.33. The summed E-state index contributed by atoms with van der Waals surface area (Å²) in [5.41, 5.74) is 1.18. The van der Waals surface area contributed by atoms with Crippen molar-refractivity contribution >= 4 is 15.0 Å². The summed E-state index contributed by atoms with van der Waals surface area (Å²) in [5.74, 6) is 0.556. The van der Waals surface area contributed by atoms with E-state index in [0.29, 0.717) is 5.92 Å². The fourth-order valence-electron chi connectivity index (χ4n) is 0.353. The Hall–Kier alpha value is -0.160. The highest BCUT2D eigenvalue weighted by atomic mass is 31.0. The molecule has 1 unspecified atom stereocenters. The zero-order valence-electron chi connectivity index (χ0n) is 7.18. The first-order chi connectivity index (χ1) is 4.54. The molecule has 0 heterocycles. The van der Waals surface area contributed by atoms with Crippen LogP contribution in [0, 0.1) is 5.92 Å². The second-order valence-corrected chi connectivity index (χ2v) is 3.71. The van der Waals surface area contributed by atoms with Crippen LogP contribution < -0.4 is 0 Å². The molecule has 0 spiro atoms. The summed E-state index contributed by atoms with van der Waals surface area (Å²) in [7, 11) is 2.61. The standard InChI is InChI=1S/C8H16NP/c1-6(2)8(4)9-5-7(3)10/h5-6H,10H2,1-4H3/b7-5+,9-8?. The molecule has 1 atom stereocenters. The van der Waals surface area contributed by atoms with Crippen molar-refractivity contribution < 1.29 is 0 Å². The second-order valence-electron chi connectivity index (χ2n) is 2.80. The van der Waals surface area contributed by atoms with Crippen molar-refractivity contribution in [2.75, 3.05) is 0 Å². The lowest BCUT2D eigenvalue weighted by molar-refractivity contribution is 0.878. The third kappa shape index (κ3) is 4.69. The van der Waals surface area contributed by atoms with Gasteiger partial charge in [0.25, 0.3) is 0 Å². The van der Waals surface area contributed by atoms with E-state index in [-0.39, 0.29) is 0 Å². The predicted molar refractivity (Wildman–Crippen MR) is 51.4 cm³/mol. The average molecular weight is 157 g/mol. The summed E-state index contributed by atoms with van der Waals surface area (Å²) in [4.78, 5) is 4.26. The van der Waals surface area contributed by atoms with Crippen LogP contribution in [0.2, 0.25) is 0 Å². The Bertz CT molecular complexity index is 153. The Morgan fingerprint density at radius 2 is 1.90 bits per heavy atom. The number of hydrogen-bond acceptors (Lipinski definition) is 1. The van der Waals surface area contributed by atoms with E-state index < -0.39 is 0 Å². The lowest BCUT2D eigenvalue weighted by Gasteiger charge is -2.00. The van der Waals surface area contributed by atoms with Gasteiger partial charge in [0.2, 0.25) is 0 Å². The minimum Gasteiger partial charge on any atom is -0.265 e. The van der Waals surface area contributed by atoms with Gasteiger partial charge >= 0.3 is 0 Å². The van der Waals surface area contributed by atoms with Gasteiger partial charge in [-0.2, -0.15) is 0 Å². The maximum Gasteiger partial charge on any atom is 0.0295 e. The van der Waals surface area contributed by atoms with Gasteiger partial charge in [-0.05, 0) is 25.1 Å². The van der Waals surface area contributed by atoms with Gasteiger partial charge in [-0.25, -0.2) is 0 Å². The van der Waals surface area contributed by atoms with E-state index in [1.165, 1.54) is 11.0 Å². The highest BCUT2D eigenvalue weighted by Gasteiger charge is 1.94. The van der Waals surface area contributed by atoms with Crippen LogP contribution in [0.3, 0.4) is 0 Å². The van der Waals surface area contributed by atoms with E-state index >= 15 is 0 Å². The molecule has 0 saturated carbocycles. The monoisotopic (exact) mass is 157 g/mol. The number of allylic oxidation sites excluding steroid dienone is 1. The van der Waals surface area contributed by atoms with Crippen molar-refractivity contribution in [3.05, 3.63) is 11.5 Å². The van der Waals surface area contributed by atoms with Crippen LogP contribution in [0.1, 0.15) is 27.7 Å². The van der Waals surface area contributed by atoms with Crippen molar-refractivity contribution in [1.82, 2.24) is 0 Å². The SMILES string of the molecule is CC(=N/C=C(\C)P)C(C)C. The molecule has 1 nitrogen and oxygen atoms in total. The highest BCUT2D eigenvalue weighted by Crippen LogP contribution is 2.04. The molecular formula is C8H16NP. The minimum absolute atomic E-state index is 0.556. The van der Waals surface area contributed by atoms with E-state index in [1.807, 2.05) is 13.1 Å². The van der Waals surface area contributed by atoms with Gasteiger partial charge in [0.1, 0.15) is 0 Å². The second kappa shape index (κ2) is 4.62. The van der Waals surface area contributed by atoms with Gasteiger partial charge in [-0.3, -0.25) is 4.99 Å². The van der Waals surface area contributed by atoms with Crippen LogP contribution >= 0.6 is 9.24 Å². The van der Waals surface area contributed by atoms with Gasteiger partial charge in [0.05, 0.1) is 0 Å². The van der Waals surface area contributed by atoms with Crippen LogP contribution in [0.25, 0.3) is 0 Å². The Labute approximate surface area is 65.8 Å². The topological polar surface area (TPSA) is 12.4 Å². The van der Waals surface area contributed by atoms with Crippen molar-refractivity contribution in [2.45, 2.75) is 27.7 Å². The molecule has 0 amide bonds.